The van der Waals surface area contributed by atoms with Gasteiger partial charge in [0.25, 0.3) is 0 Å². The van der Waals surface area contributed by atoms with Gasteiger partial charge in [0, 0.05) is 5.54 Å². The predicted octanol–water partition coefficient (Wildman–Crippen LogP) is 4.52. The molecule has 0 amide bonds. The highest BCUT2D eigenvalue weighted by molar-refractivity contribution is 5.29. The summed E-state index contributed by atoms with van der Waals surface area (Å²) in [5, 5.41) is 0. The standard InChI is InChI=1S/C15H23N.C2H4/c1-13-8-7-9-14(12-13)15(16(2)3)10-5-4-6-11-15;1-2/h7-9,12H,4-6,10-11H2,1-3H3;1-2H2. The van der Waals surface area contributed by atoms with Crippen molar-refractivity contribution in [1.82, 2.24) is 4.90 Å². The fourth-order valence-corrected chi connectivity index (χ4v) is 3.07. The van der Waals surface area contributed by atoms with Crippen LogP contribution in [0, 0.1) is 6.92 Å². The number of nitrogens with zero attached hydrogens (tertiary/aromatic N) is 1. The van der Waals surface area contributed by atoms with Crippen molar-refractivity contribution in [3.05, 3.63) is 48.6 Å². The molecule has 1 aliphatic carbocycles. The molecule has 0 spiro atoms. The van der Waals surface area contributed by atoms with Gasteiger partial charge >= 0.3 is 0 Å². The van der Waals surface area contributed by atoms with E-state index in [-0.39, 0.29) is 0 Å². The van der Waals surface area contributed by atoms with Gasteiger partial charge in [0.1, 0.15) is 0 Å². The van der Waals surface area contributed by atoms with E-state index in [1.165, 1.54) is 43.2 Å². The maximum absolute atomic E-state index is 3.00. The minimum absolute atomic E-state index is 0.296. The first-order valence-electron chi connectivity index (χ1n) is 6.90. The van der Waals surface area contributed by atoms with Crippen LogP contribution < -0.4 is 0 Å². The van der Waals surface area contributed by atoms with Gasteiger partial charge in [-0.25, -0.2) is 0 Å². The molecule has 1 aromatic carbocycles. The van der Waals surface area contributed by atoms with Crippen molar-refractivity contribution >= 4 is 0 Å². The Hall–Kier alpha value is -1.08. The fraction of sp³-hybridized carbons (Fsp3) is 0.529. The highest BCUT2D eigenvalue weighted by atomic mass is 15.1. The first-order valence-corrected chi connectivity index (χ1v) is 6.90. The summed E-state index contributed by atoms with van der Waals surface area (Å²) in [4.78, 5) is 2.43. The minimum Gasteiger partial charge on any atom is -0.300 e. The van der Waals surface area contributed by atoms with Crippen LogP contribution in [0.4, 0.5) is 0 Å². The molecule has 1 fully saturated rings. The molecule has 1 heteroatoms. The van der Waals surface area contributed by atoms with E-state index >= 15 is 0 Å². The van der Waals surface area contributed by atoms with E-state index in [2.05, 4.69) is 63.3 Å². The summed E-state index contributed by atoms with van der Waals surface area (Å²) in [5.74, 6) is 0. The quantitative estimate of drug-likeness (QED) is 0.693. The van der Waals surface area contributed by atoms with Crippen LogP contribution in [0.25, 0.3) is 0 Å². The third-order valence-corrected chi connectivity index (χ3v) is 4.09. The number of benzene rings is 1. The van der Waals surface area contributed by atoms with Gasteiger partial charge in [0.2, 0.25) is 0 Å². The molecule has 0 radical (unpaired) electrons. The average Bonchev–Trinajstić information content (AvgIpc) is 2.41. The van der Waals surface area contributed by atoms with E-state index in [1.807, 2.05) is 0 Å². The molecule has 100 valence electrons. The first-order chi connectivity index (χ1) is 8.65. The molecule has 18 heavy (non-hydrogen) atoms. The lowest BCUT2D eigenvalue weighted by atomic mass is 9.75. The van der Waals surface area contributed by atoms with Crippen LogP contribution >= 0.6 is 0 Å². The van der Waals surface area contributed by atoms with Crippen LogP contribution in [0.2, 0.25) is 0 Å². The second kappa shape index (κ2) is 6.75. The molecule has 1 aliphatic rings. The van der Waals surface area contributed by atoms with Gasteiger partial charge in [-0.15, -0.1) is 13.2 Å². The Morgan fingerprint density at radius 3 is 2.17 bits per heavy atom. The zero-order valence-corrected chi connectivity index (χ0v) is 12.2. The van der Waals surface area contributed by atoms with Gasteiger partial charge in [-0.1, -0.05) is 49.1 Å². The second-order valence-electron chi connectivity index (χ2n) is 5.36. The average molecular weight is 245 g/mol. The third kappa shape index (κ3) is 3.02. The van der Waals surface area contributed by atoms with Crippen LogP contribution in [0.5, 0.6) is 0 Å². The van der Waals surface area contributed by atoms with Crippen molar-refractivity contribution < 1.29 is 0 Å². The number of hydrogen-bond acceptors (Lipinski definition) is 1. The molecular formula is C17H27N. The molecule has 1 aromatic rings. The molecule has 0 unspecified atom stereocenters. The van der Waals surface area contributed by atoms with Gasteiger partial charge in [-0.2, -0.15) is 0 Å². The largest absolute Gasteiger partial charge is 0.300 e. The minimum atomic E-state index is 0.296. The lowest BCUT2D eigenvalue weighted by molar-refractivity contribution is 0.0988. The second-order valence-corrected chi connectivity index (χ2v) is 5.36. The van der Waals surface area contributed by atoms with Crippen molar-refractivity contribution in [2.24, 2.45) is 0 Å². The molecule has 1 nitrogen and oxygen atoms in total. The topological polar surface area (TPSA) is 3.24 Å². The predicted molar refractivity (Wildman–Crippen MR) is 80.9 cm³/mol. The lowest BCUT2D eigenvalue weighted by Gasteiger charge is -2.43. The van der Waals surface area contributed by atoms with E-state index in [0.717, 1.165) is 0 Å². The molecule has 2 rings (SSSR count). The van der Waals surface area contributed by atoms with Gasteiger partial charge in [-0.3, -0.25) is 4.90 Å². The smallest absolute Gasteiger partial charge is 0.0454 e. The Kier molecular flexibility index (Phi) is 5.61. The molecule has 1 saturated carbocycles. The van der Waals surface area contributed by atoms with Crippen molar-refractivity contribution in [3.8, 4) is 0 Å². The Morgan fingerprint density at radius 1 is 1.06 bits per heavy atom. The highest BCUT2D eigenvalue weighted by Gasteiger charge is 2.35. The maximum Gasteiger partial charge on any atom is 0.0454 e. The van der Waals surface area contributed by atoms with Crippen LogP contribution in [-0.4, -0.2) is 19.0 Å². The summed E-state index contributed by atoms with van der Waals surface area (Å²) in [6, 6.07) is 9.06. The van der Waals surface area contributed by atoms with E-state index in [4.69, 9.17) is 0 Å². The van der Waals surface area contributed by atoms with Crippen LogP contribution in [0.3, 0.4) is 0 Å². The van der Waals surface area contributed by atoms with E-state index < -0.39 is 0 Å². The van der Waals surface area contributed by atoms with Crippen molar-refractivity contribution in [2.45, 2.75) is 44.6 Å². The van der Waals surface area contributed by atoms with Crippen molar-refractivity contribution in [3.63, 3.8) is 0 Å². The number of aryl methyl sites for hydroxylation is 1. The summed E-state index contributed by atoms with van der Waals surface area (Å²) >= 11 is 0. The fourth-order valence-electron chi connectivity index (χ4n) is 3.07. The van der Waals surface area contributed by atoms with Gasteiger partial charge < -0.3 is 0 Å². The van der Waals surface area contributed by atoms with E-state index in [0.29, 0.717) is 5.54 Å². The Morgan fingerprint density at radius 2 is 1.67 bits per heavy atom. The molecule has 0 saturated heterocycles. The Balaban J connectivity index is 0.000000771. The van der Waals surface area contributed by atoms with Crippen molar-refractivity contribution in [1.29, 1.82) is 0 Å². The SMILES string of the molecule is C=C.Cc1cccc(C2(N(C)C)CCCCC2)c1. The molecular weight excluding hydrogens is 218 g/mol. The third-order valence-electron chi connectivity index (χ3n) is 4.09. The van der Waals surface area contributed by atoms with Gasteiger partial charge in [0.15, 0.2) is 0 Å². The zero-order valence-electron chi connectivity index (χ0n) is 12.2. The molecule has 0 aromatic heterocycles. The highest BCUT2D eigenvalue weighted by Crippen LogP contribution is 2.41. The van der Waals surface area contributed by atoms with E-state index in [1.54, 1.807) is 0 Å². The normalized spacial score (nSPS) is 18.0. The lowest BCUT2D eigenvalue weighted by Crippen LogP contribution is -2.43. The monoisotopic (exact) mass is 245 g/mol. The first kappa shape index (κ1) is 15.0. The number of rotatable bonds is 2. The molecule has 0 N–H and O–H groups in total. The van der Waals surface area contributed by atoms with Crippen LogP contribution in [0.15, 0.2) is 37.4 Å². The van der Waals surface area contributed by atoms with E-state index in [9.17, 15) is 0 Å². The zero-order chi connectivity index (χ0) is 13.6. The molecule has 0 aliphatic heterocycles. The molecule has 0 heterocycles. The summed E-state index contributed by atoms with van der Waals surface area (Å²) in [6.07, 6.45) is 6.76. The summed E-state index contributed by atoms with van der Waals surface area (Å²) in [5.41, 5.74) is 3.19. The summed E-state index contributed by atoms with van der Waals surface area (Å²) < 4.78 is 0. The Bertz CT molecular complexity index is 362. The Labute approximate surface area is 113 Å². The molecule has 0 bridgehead atoms. The van der Waals surface area contributed by atoms with Crippen molar-refractivity contribution in [2.75, 3.05) is 14.1 Å². The summed E-state index contributed by atoms with van der Waals surface area (Å²) in [6.45, 7) is 8.19. The van der Waals surface area contributed by atoms with Gasteiger partial charge in [-0.05, 0) is 39.4 Å². The van der Waals surface area contributed by atoms with Gasteiger partial charge in [0.05, 0.1) is 0 Å². The van der Waals surface area contributed by atoms with Crippen LogP contribution in [-0.2, 0) is 5.54 Å². The summed E-state index contributed by atoms with van der Waals surface area (Å²) in [7, 11) is 4.46. The maximum atomic E-state index is 3.00. The number of hydrogen-bond donors (Lipinski definition) is 0. The van der Waals surface area contributed by atoms with Crippen LogP contribution in [0.1, 0.15) is 43.2 Å². The molecule has 0 atom stereocenters.